The van der Waals surface area contributed by atoms with Crippen molar-refractivity contribution in [1.29, 1.82) is 0 Å². The molecule has 1 aliphatic carbocycles. The second-order valence-corrected chi connectivity index (χ2v) is 6.96. The summed E-state index contributed by atoms with van der Waals surface area (Å²) in [5, 5.41) is 4.04. The summed E-state index contributed by atoms with van der Waals surface area (Å²) in [5.41, 5.74) is 1.70. The van der Waals surface area contributed by atoms with E-state index in [0.29, 0.717) is 18.1 Å². The molecule has 1 aliphatic rings. The Morgan fingerprint density at radius 1 is 1.36 bits per heavy atom. The van der Waals surface area contributed by atoms with E-state index >= 15 is 0 Å². The molecule has 0 unspecified atom stereocenters. The molecule has 0 saturated carbocycles. The second kappa shape index (κ2) is 6.52. The van der Waals surface area contributed by atoms with E-state index < -0.39 is 0 Å². The molecule has 0 saturated heterocycles. The van der Waals surface area contributed by atoms with Crippen molar-refractivity contribution in [3.05, 3.63) is 39.4 Å². The van der Waals surface area contributed by atoms with Gasteiger partial charge in [-0.1, -0.05) is 13.8 Å². The Bertz CT molecular complexity index is 659. The third-order valence-electron chi connectivity index (χ3n) is 3.69. The van der Waals surface area contributed by atoms with E-state index in [1.165, 1.54) is 17.0 Å². The third-order valence-corrected chi connectivity index (χ3v) is 4.90. The molecule has 2 aromatic heterocycles. The molecule has 5 nitrogen and oxygen atoms in total. The SMILES string of the molecule is CC(C)c1nccc(C(=O)NCCc2nc3c(s2)CCC3)n1. The highest BCUT2D eigenvalue weighted by Crippen LogP contribution is 2.27. The van der Waals surface area contributed by atoms with Crippen molar-refractivity contribution in [1.82, 2.24) is 20.3 Å². The van der Waals surface area contributed by atoms with Gasteiger partial charge in [0.15, 0.2) is 0 Å². The number of aromatic nitrogens is 3. The molecular weight excluding hydrogens is 296 g/mol. The first kappa shape index (κ1) is 15.1. The number of aryl methyl sites for hydroxylation is 2. The predicted molar refractivity (Wildman–Crippen MR) is 86.3 cm³/mol. The number of hydrogen-bond donors (Lipinski definition) is 1. The van der Waals surface area contributed by atoms with Gasteiger partial charge in [-0.2, -0.15) is 0 Å². The van der Waals surface area contributed by atoms with Crippen LogP contribution < -0.4 is 5.32 Å². The molecule has 116 valence electrons. The Balaban J connectivity index is 1.54. The highest BCUT2D eigenvalue weighted by atomic mass is 32.1. The van der Waals surface area contributed by atoms with Gasteiger partial charge in [-0.15, -0.1) is 11.3 Å². The molecule has 22 heavy (non-hydrogen) atoms. The van der Waals surface area contributed by atoms with Crippen LogP contribution in [-0.4, -0.2) is 27.4 Å². The molecule has 0 radical (unpaired) electrons. The second-order valence-electron chi connectivity index (χ2n) is 5.79. The maximum atomic E-state index is 12.1. The highest BCUT2D eigenvalue weighted by molar-refractivity contribution is 7.11. The molecule has 0 bridgehead atoms. The van der Waals surface area contributed by atoms with Crippen LogP contribution in [0.4, 0.5) is 0 Å². The highest BCUT2D eigenvalue weighted by Gasteiger charge is 2.16. The van der Waals surface area contributed by atoms with Gasteiger partial charge in [0.2, 0.25) is 0 Å². The molecule has 2 heterocycles. The van der Waals surface area contributed by atoms with Crippen molar-refractivity contribution in [2.24, 2.45) is 0 Å². The number of carbonyl (C=O) groups excluding carboxylic acids is 1. The zero-order valence-corrected chi connectivity index (χ0v) is 13.7. The molecular formula is C16H20N4OS. The smallest absolute Gasteiger partial charge is 0.270 e. The van der Waals surface area contributed by atoms with Crippen molar-refractivity contribution >= 4 is 17.2 Å². The molecule has 1 N–H and O–H groups in total. The van der Waals surface area contributed by atoms with E-state index in [1.807, 2.05) is 13.8 Å². The van der Waals surface area contributed by atoms with Crippen LogP contribution in [0.5, 0.6) is 0 Å². The summed E-state index contributed by atoms with van der Waals surface area (Å²) in [6.45, 7) is 4.61. The molecule has 0 atom stereocenters. The first-order valence-corrected chi connectivity index (χ1v) is 8.53. The monoisotopic (exact) mass is 316 g/mol. The van der Waals surface area contributed by atoms with Gasteiger partial charge < -0.3 is 5.32 Å². The van der Waals surface area contributed by atoms with Crippen LogP contribution in [0.1, 0.15) is 58.1 Å². The molecule has 2 aromatic rings. The number of amides is 1. The van der Waals surface area contributed by atoms with E-state index in [2.05, 4.69) is 20.3 Å². The Morgan fingerprint density at radius 3 is 3.00 bits per heavy atom. The maximum Gasteiger partial charge on any atom is 0.270 e. The fourth-order valence-electron chi connectivity index (χ4n) is 2.50. The lowest BCUT2D eigenvalue weighted by molar-refractivity contribution is 0.0948. The standard InChI is InChI=1S/C16H20N4OS/c1-10(2)15-17-8-6-12(20-15)16(21)18-9-7-14-19-11-4-3-5-13(11)22-14/h6,8,10H,3-5,7,9H2,1-2H3,(H,18,21). The van der Waals surface area contributed by atoms with Crippen molar-refractivity contribution in [3.63, 3.8) is 0 Å². The fourth-order valence-corrected chi connectivity index (χ4v) is 3.66. The topological polar surface area (TPSA) is 67.8 Å². The summed E-state index contributed by atoms with van der Waals surface area (Å²) < 4.78 is 0. The van der Waals surface area contributed by atoms with Crippen LogP contribution >= 0.6 is 11.3 Å². The van der Waals surface area contributed by atoms with E-state index in [1.54, 1.807) is 23.6 Å². The Kier molecular flexibility index (Phi) is 4.47. The van der Waals surface area contributed by atoms with Crippen LogP contribution in [0.2, 0.25) is 0 Å². The minimum absolute atomic E-state index is 0.145. The summed E-state index contributed by atoms with van der Waals surface area (Å²) >= 11 is 1.79. The normalized spacial score (nSPS) is 13.4. The molecule has 0 fully saturated rings. The van der Waals surface area contributed by atoms with Gasteiger partial charge in [0.25, 0.3) is 5.91 Å². The van der Waals surface area contributed by atoms with Gasteiger partial charge >= 0.3 is 0 Å². The summed E-state index contributed by atoms with van der Waals surface area (Å²) in [4.78, 5) is 26.7. The van der Waals surface area contributed by atoms with Gasteiger partial charge in [-0.3, -0.25) is 4.79 Å². The molecule has 0 aliphatic heterocycles. The lowest BCUT2D eigenvalue weighted by Crippen LogP contribution is -2.27. The predicted octanol–water partition coefficient (Wildman–Crippen LogP) is 2.52. The van der Waals surface area contributed by atoms with E-state index in [4.69, 9.17) is 0 Å². The number of hydrogen-bond acceptors (Lipinski definition) is 5. The van der Waals surface area contributed by atoms with E-state index in [-0.39, 0.29) is 11.8 Å². The minimum Gasteiger partial charge on any atom is -0.350 e. The van der Waals surface area contributed by atoms with E-state index in [9.17, 15) is 4.79 Å². The van der Waals surface area contributed by atoms with E-state index in [0.717, 1.165) is 24.3 Å². The van der Waals surface area contributed by atoms with Crippen LogP contribution in [0.25, 0.3) is 0 Å². The Hall–Kier alpha value is -1.82. The summed E-state index contributed by atoms with van der Waals surface area (Å²) in [6, 6.07) is 1.65. The fraction of sp³-hybridized carbons (Fsp3) is 0.500. The van der Waals surface area contributed by atoms with Gasteiger partial charge in [0, 0.05) is 30.0 Å². The number of rotatable bonds is 5. The molecule has 1 amide bonds. The van der Waals surface area contributed by atoms with Gasteiger partial charge in [-0.25, -0.2) is 15.0 Å². The average Bonchev–Trinajstić information content (AvgIpc) is 3.08. The third kappa shape index (κ3) is 3.32. The van der Waals surface area contributed by atoms with Crippen LogP contribution in [0, 0.1) is 0 Å². The van der Waals surface area contributed by atoms with Crippen molar-refractivity contribution in [2.75, 3.05) is 6.54 Å². The maximum absolute atomic E-state index is 12.1. The first-order chi connectivity index (χ1) is 10.6. The zero-order chi connectivity index (χ0) is 15.5. The largest absolute Gasteiger partial charge is 0.350 e. The quantitative estimate of drug-likeness (QED) is 0.920. The Labute approximate surface area is 134 Å². The summed E-state index contributed by atoms with van der Waals surface area (Å²) in [6.07, 6.45) is 5.93. The van der Waals surface area contributed by atoms with Crippen LogP contribution in [-0.2, 0) is 19.3 Å². The minimum atomic E-state index is -0.145. The molecule has 3 rings (SSSR count). The number of nitrogens with zero attached hydrogens (tertiary/aromatic N) is 3. The number of fused-ring (bicyclic) bond motifs is 1. The van der Waals surface area contributed by atoms with Crippen LogP contribution in [0.3, 0.4) is 0 Å². The van der Waals surface area contributed by atoms with Crippen molar-refractivity contribution < 1.29 is 4.79 Å². The first-order valence-electron chi connectivity index (χ1n) is 7.72. The number of nitrogens with one attached hydrogen (secondary N) is 1. The van der Waals surface area contributed by atoms with Crippen LogP contribution in [0.15, 0.2) is 12.3 Å². The molecule has 6 heteroatoms. The molecule has 0 aromatic carbocycles. The van der Waals surface area contributed by atoms with Gasteiger partial charge in [-0.05, 0) is 25.3 Å². The van der Waals surface area contributed by atoms with Gasteiger partial charge in [0.1, 0.15) is 11.5 Å². The Morgan fingerprint density at radius 2 is 2.23 bits per heavy atom. The molecule has 0 spiro atoms. The lowest BCUT2D eigenvalue weighted by Gasteiger charge is -2.06. The lowest BCUT2D eigenvalue weighted by atomic mass is 10.2. The van der Waals surface area contributed by atoms with Crippen molar-refractivity contribution in [3.8, 4) is 0 Å². The zero-order valence-electron chi connectivity index (χ0n) is 12.9. The number of thiazole rings is 1. The summed E-state index contributed by atoms with van der Waals surface area (Å²) in [7, 11) is 0. The summed E-state index contributed by atoms with van der Waals surface area (Å²) in [5.74, 6) is 0.767. The van der Waals surface area contributed by atoms with Gasteiger partial charge in [0.05, 0.1) is 10.7 Å². The average molecular weight is 316 g/mol. The number of carbonyl (C=O) groups is 1. The van der Waals surface area contributed by atoms with Crippen molar-refractivity contribution in [2.45, 2.75) is 45.4 Å².